The number of amides is 2. The van der Waals surface area contributed by atoms with E-state index in [0.29, 0.717) is 56.6 Å². The Balaban J connectivity index is 1.48. The largest absolute Gasteiger partial charge is 0.454 e. The number of nitrogens with zero attached hydrogens (tertiary/aromatic N) is 6. The summed E-state index contributed by atoms with van der Waals surface area (Å²) >= 11 is 1.37. The highest BCUT2D eigenvalue weighted by Crippen LogP contribution is 2.41. The Bertz CT molecular complexity index is 1270. The fraction of sp³-hybridized carbons (Fsp3) is 0.435. The first kappa shape index (κ1) is 23.2. The van der Waals surface area contributed by atoms with Gasteiger partial charge in [-0.3, -0.25) is 9.59 Å². The van der Waals surface area contributed by atoms with Gasteiger partial charge in [0.25, 0.3) is 5.91 Å². The maximum atomic E-state index is 13.0. The number of piperidine rings is 1. The van der Waals surface area contributed by atoms with Crippen molar-refractivity contribution >= 4 is 41.1 Å². The number of likely N-dealkylation sites (tertiary alicyclic amines) is 1. The van der Waals surface area contributed by atoms with Crippen molar-refractivity contribution in [2.24, 2.45) is 5.92 Å². The van der Waals surface area contributed by atoms with Crippen LogP contribution in [0.15, 0.2) is 28.5 Å². The molecule has 2 N–H and O–H groups in total. The van der Waals surface area contributed by atoms with E-state index < -0.39 is 0 Å². The molecule has 0 radical (unpaired) electrons. The van der Waals surface area contributed by atoms with Gasteiger partial charge in [0.1, 0.15) is 6.33 Å². The van der Waals surface area contributed by atoms with Gasteiger partial charge in [-0.2, -0.15) is 0 Å². The Morgan fingerprint density at radius 3 is 2.69 bits per heavy atom. The average Bonchev–Trinajstić information content (AvgIpc) is 3.46. The highest BCUT2D eigenvalue weighted by molar-refractivity contribution is 7.99. The van der Waals surface area contributed by atoms with Crippen LogP contribution in [-0.2, 0) is 11.3 Å². The van der Waals surface area contributed by atoms with E-state index in [-0.39, 0.29) is 12.7 Å². The summed E-state index contributed by atoms with van der Waals surface area (Å²) in [5.74, 6) is 1.80. The zero-order valence-electron chi connectivity index (χ0n) is 19.6. The number of ether oxygens (including phenoxy) is 2. The molecule has 35 heavy (non-hydrogen) atoms. The normalized spacial score (nSPS) is 15.5. The molecule has 12 heteroatoms. The number of anilines is 1. The molecule has 0 aliphatic carbocycles. The third kappa shape index (κ3) is 4.57. The summed E-state index contributed by atoms with van der Waals surface area (Å²) in [7, 11) is 3.42. The van der Waals surface area contributed by atoms with Crippen LogP contribution < -0.4 is 15.2 Å². The zero-order valence-corrected chi connectivity index (χ0v) is 20.5. The number of nitrogen functional groups attached to an aromatic ring is 1. The maximum Gasteiger partial charge on any atom is 0.254 e. The summed E-state index contributed by atoms with van der Waals surface area (Å²) < 4.78 is 13.1. The molecule has 1 fully saturated rings. The van der Waals surface area contributed by atoms with Crippen molar-refractivity contribution in [2.45, 2.75) is 35.9 Å². The first-order valence-electron chi connectivity index (χ1n) is 11.4. The van der Waals surface area contributed by atoms with Crippen molar-refractivity contribution < 1.29 is 19.1 Å². The summed E-state index contributed by atoms with van der Waals surface area (Å²) in [6.45, 7) is 2.36. The van der Waals surface area contributed by atoms with Crippen LogP contribution in [0, 0.1) is 5.92 Å². The molecule has 1 aromatic carbocycles. The number of aromatic nitrogens is 4. The van der Waals surface area contributed by atoms with Crippen molar-refractivity contribution in [1.29, 1.82) is 0 Å². The molecule has 4 heterocycles. The molecule has 2 aliphatic rings. The van der Waals surface area contributed by atoms with E-state index in [1.165, 1.54) is 23.0 Å². The third-order valence-electron chi connectivity index (χ3n) is 6.40. The maximum absolute atomic E-state index is 13.0. The van der Waals surface area contributed by atoms with Gasteiger partial charge in [-0.25, -0.2) is 15.0 Å². The molecule has 0 saturated carbocycles. The molecular weight excluding hydrogens is 470 g/mol. The quantitative estimate of drug-likeness (QED) is 0.489. The average molecular weight is 498 g/mol. The molecule has 2 aliphatic heterocycles. The lowest BCUT2D eigenvalue weighted by molar-refractivity contribution is -0.119. The Labute approximate surface area is 206 Å². The van der Waals surface area contributed by atoms with Crippen LogP contribution in [0.2, 0.25) is 0 Å². The number of benzene rings is 1. The molecule has 2 aromatic heterocycles. The number of aryl methyl sites for hydroxylation is 1. The minimum atomic E-state index is -0.144. The number of carbonyl (C=O) groups excluding carboxylic acids is 2. The fourth-order valence-corrected chi connectivity index (χ4v) is 5.43. The Kier molecular flexibility index (Phi) is 6.37. The Hall–Kier alpha value is -3.54. The van der Waals surface area contributed by atoms with Crippen LogP contribution in [0.1, 0.15) is 29.6 Å². The molecule has 184 valence electrons. The second-order valence-corrected chi connectivity index (χ2v) is 9.86. The smallest absolute Gasteiger partial charge is 0.254 e. The number of rotatable bonds is 7. The number of fused-ring (bicyclic) bond motifs is 2. The van der Waals surface area contributed by atoms with Gasteiger partial charge in [0.05, 0.1) is 5.56 Å². The number of hydrogen-bond acceptors (Lipinski definition) is 9. The van der Waals surface area contributed by atoms with E-state index >= 15 is 0 Å². The van der Waals surface area contributed by atoms with Crippen molar-refractivity contribution in [2.75, 3.05) is 39.7 Å². The highest BCUT2D eigenvalue weighted by Gasteiger charge is 2.25. The van der Waals surface area contributed by atoms with Crippen molar-refractivity contribution in [3.63, 3.8) is 0 Å². The molecule has 5 rings (SSSR count). The van der Waals surface area contributed by atoms with E-state index in [0.717, 1.165) is 38.8 Å². The topological polar surface area (TPSA) is 129 Å². The van der Waals surface area contributed by atoms with Crippen LogP contribution in [0.5, 0.6) is 11.5 Å². The lowest BCUT2D eigenvalue weighted by Gasteiger charge is -2.29. The molecule has 11 nitrogen and oxygen atoms in total. The molecule has 0 unspecified atom stereocenters. The minimum Gasteiger partial charge on any atom is -0.454 e. The summed E-state index contributed by atoms with van der Waals surface area (Å²) in [4.78, 5) is 41.4. The SMILES string of the molecule is CN(C)C(=O)c1cc2c(cc1Sc1nc3c(N)ncnc3n1CCC1CCN(C=O)CC1)OCO2. The summed E-state index contributed by atoms with van der Waals surface area (Å²) in [5, 5.41) is 0.671. The Morgan fingerprint density at radius 2 is 1.97 bits per heavy atom. The van der Waals surface area contributed by atoms with E-state index in [1.54, 1.807) is 20.2 Å². The molecule has 2 amide bonds. The van der Waals surface area contributed by atoms with Crippen LogP contribution in [0.25, 0.3) is 11.2 Å². The fourth-order valence-electron chi connectivity index (χ4n) is 4.39. The van der Waals surface area contributed by atoms with Crippen LogP contribution in [0.4, 0.5) is 5.82 Å². The van der Waals surface area contributed by atoms with E-state index in [9.17, 15) is 9.59 Å². The first-order chi connectivity index (χ1) is 16.9. The van der Waals surface area contributed by atoms with Crippen LogP contribution >= 0.6 is 11.8 Å². The van der Waals surface area contributed by atoms with E-state index in [2.05, 4.69) is 9.97 Å². The number of hydrogen-bond donors (Lipinski definition) is 1. The molecule has 0 bridgehead atoms. The Morgan fingerprint density at radius 1 is 1.23 bits per heavy atom. The van der Waals surface area contributed by atoms with Gasteiger partial charge in [-0.05, 0) is 37.3 Å². The predicted octanol–water partition coefficient (Wildman–Crippen LogP) is 2.25. The van der Waals surface area contributed by atoms with Crippen LogP contribution in [-0.4, -0.2) is 75.6 Å². The number of imidazole rings is 1. The van der Waals surface area contributed by atoms with Gasteiger partial charge in [-0.1, -0.05) is 11.8 Å². The van der Waals surface area contributed by atoms with Gasteiger partial charge >= 0.3 is 0 Å². The lowest BCUT2D eigenvalue weighted by Crippen LogP contribution is -2.32. The third-order valence-corrected chi connectivity index (χ3v) is 7.45. The second-order valence-electron chi connectivity index (χ2n) is 8.85. The predicted molar refractivity (Wildman–Crippen MR) is 129 cm³/mol. The minimum absolute atomic E-state index is 0.118. The summed E-state index contributed by atoms with van der Waals surface area (Å²) in [5.41, 5.74) is 7.82. The molecule has 0 spiro atoms. The van der Waals surface area contributed by atoms with E-state index in [1.807, 2.05) is 15.5 Å². The van der Waals surface area contributed by atoms with Crippen molar-refractivity contribution in [3.05, 3.63) is 24.0 Å². The van der Waals surface area contributed by atoms with Gasteiger partial charge in [-0.15, -0.1) is 0 Å². The van der Waals surface area contributed by atoms with Gasteiger partial charge in [0.15, 0.2) is 33.6 Å². The zero-order chi connectivity index (χ0) is 24.5. The van der Waals surface area contributed by atoms with Gasteiger partial charge < -0.3 is 29.6 Å². The molecule has 0 atom stereocenters. The standard InChI is InChI=1S/C23H27N7O4S/c1-28(2)22(32)15-9-16-17(34-13-33-16)10-18(15)35-23-27-19-20(24)25-11-26-21(19)30(23)8-5-14-3-6-29(12-31)7-4-14/h9-12,14H,3-8,13H2,1-2H3,(H2,24,25,26). The highest BCUT2D eigenvalue weighted by atomic mass is 32.2. The molecule has 3 aromatic rings. The summed E-state index contributed by atoms with van der Waals surface area (Å²) in [6, 6.07) is 3.53. The van der Waals surface area contributed by atoms with Crippen molar-refractivity contribution in [1.82, 2.24) is 29.3 Å². The second kappa shape index (κ2) is 9.61. The molecule has 1 saturated heterocycles. The lowest BCUT2D eigenvalue weighted by atomic mass is 9.94. The summed E-state index contributed by atoms with van der Waals surface area (Å²) in [6.07, 6.45) is 5.21. The van der Waals surface area contributed by atoms with E-state index in [4.69, 9.17) is 20.2 Å². The van der Waals surface area contributed by atoms with Crippen molar-refractivity contribution in [3.8, 4) is 11.5 Å². The number of carbonyl (C=O) groups is 2. The molecular formula is C23H27N7O4S. The van der Waals surface area contributed by atoms with Crippen LogP contribution in [0.3, 0.4) is 0 Å². The monoisotopic (exact) mass is 497 g/mol. The first-order valence-corrected chi connectivity index (χ1v) is 12.3. The van der Waals surface area contributed by atoms with Gasteiger partial charge in [0.2, 0.25) is 13.2 Å². The number of nitrogens with two attached hydrogens (primary N) is 1. The van der Waals surface area contributed by atoms with Gasteiger partial charge in [0, 0.05) is 38.6 Å².